The van der Waals surface area contributed by atoms with Crippen LogP contribution in [0, 0.1) is 5.92 Å². The molecule has 0 amide bonds. The first-order chi connectivity index (χ1) is 7.85. The first kappa shape index (κ1) is 11.5. The zero-order chi connectivity index (χ0) is 11.4. The summed E-state index contributed by atoms with van der Waals surface area (Å²) in [6.07, 6.45) is 2.70. The van der Waals surface area contributed by atoms with Crippen LogP contribution >= 0.6 is 0 Å². The summed E-state index contributed by atoms with van der Waals surface area (Å²) in [5.41, 5.74) is 1.47. The lowest BCUT2D eigenvalue weighted by atomic mass is 9.70. The molecule has 2 nitrogen and oxygen atoms in total. The second-order valence-corrected chi connectivity index (χ2v) is 4.52. The van der Waals surface area contributed by atoms with Gasteiger partial charge >= 0.3 is 0 Å². The summed E-state index contributed by atoms with van der Waals surface area (Å²) >= 11 is 0. The highest BCUT2D eigenvalue weighted by Gasteiger charge is 2.31. The van der Waals surface area contributed by atoms with E-state index in [1.165, 1.54) is 18.4 Å². The molecule has 1 aliphatic rings. The van der Waals surface area contributed by atoms with Gasteiger partial charge in [-0.3, -0.25) is 0 Å². The van der Waals surface area contributed by atoms with Crippen LogP contribution in [0.2, 0.25) is 0 Å². The second-order valence-electron chi connectivity index (χ2n) is 4.52. The van der Waals surface area contributed by atoms with Crippen LogP contribution in [-0.2, 0) is 0 Å². The van der Waals surface area contributed by atoms with Crippen LogP contribution in [0.5, 0.6) is 5.75 Å². The minimum Gasteiger partial charge on any atom is -0.497 e. The maximum absolute atomic E-state index is 5.18. The van der Waals surface area contributed by atoms with Crippen molar-refractivity contribution in [2.45, 2.75) is 25.7 Å². The van der Waals surface area contributed by atoms with E-state index in [0.717, 1.165) is 30.7 Å². The van der Waals surface area contributed by atoms with E-state index in [9.17, 15) is 0 Å². The summed E-state index contributed by atoms with van der Waals surface area (Å²) in [6.45, 7) is 4.40. The summed E-state index contributed by atoms with van der Waals surface area (Å²) < 4.78 is 5.18. The van der Waals surface area contributed by atoms with Crippen molar-refractivity contribution >= 4 is 0 Å². The molecular weight excluding hydrogens is 198 g/mol. The Morgan fingerprint density at radius 3 is 2.50 bits per heavy atom. The van der Waals surface area contributed by atoms with Gasteiger partial charge in [0.1, 0.15) is 5.75 Å². The third-order valence-corrected chi connectivity index (χ3v) is 3.62. The van der Waals surface area contributed by atoms with Crippen molar-refractivity contribution in [3.63, 3.8) is 0 Å². The van der Waals surface area contributed by atoms with Gasteiger partial charge in [0.25, 0.3) is 0 Å². The van der Waals surface area contributed by atoms with Crippen LogP contribution < -0.4 is 10.1 Å². The number of nitrogens with one attached hydrogen (secondary N) is 1. The molecule has 1 N–H and O–H groups in total. The molecular formula is C14H21NO. The Morgan fingerprint density at radius 1 is 1.25 bits per heavy atom. The minimum atomic E-state index is 0.755. The Balaban J connectivity index is 1.95. The first-order valence-corrected chi connectivity index (χ1v) is 6.19. The topological polar surface area (TPSA) is 21.3 Å². The van der Waals surface area contributed by atoms with Crippen LogP contribution in [-0.4, -0.2) is 20.2 Å². The molecule has 1 aliphatic carbocycles. The Kier molecular flexibility index (Phi) is 3.83. The number of benzene rings is 1. The van der Waals surface area contributed by atoms with Crippen molar-refractivity contribution in [2.24, 2.45) is 5.92 Å². The maximum atomic E-state index is 5.18. The fraction of sp³-hybridized carbons (Fsp3) is 0.571. The van der Waals surface area contributed by atoms with Crippen LogP contribution in [0.1, 0.15) is 31.2 Å². The van der Waals surface area contributed by atoms with Crippen LogP contribution in [0.3, 0.4) is 0 Å². The number of rotatable bonds is 5. The molecule has 0 radical (unpaired) electrons. The quantitative estimate of drug-likeness (QED) is 0.822. The summed E-state index contributed by atoms with van der Waals surface area (Å²) in [7, 11) is 1.71. The minimum absolute atomic E-state index is 0.755. The lowest BCUT2D eigenvalue weighted by Gasteiger charge is -2.37. The van der Waals surface area contributed by atoms with E-state index in [1.807, 2.05) is 0 Å². The van der Waals surface area contributed by atoms with Crippen molar-refractivity contribution < 1.29 is 4.74 Å². The monoisotopic (exact) mass is 219 g/mol. The predicted octanol–water partition coefficient (Wildman–Crippen LogP) is 2.80. The molecule has 1 aromatic rings. The molecule has 2 unspecified atom stereocenters. The van der Waals surface area contributed by atoms with Gasteiger partial charge in [0.2, 0.25) is 0 Å². The molecule has 0 saturated heterocycles. The normalized spacial score (nSPS) is 23.9. The molecule has 1 fully saturated rings. The van der Waals surface area contributed by atoms with Gasteiger partial charge in [-0.15, -0.1) is 0 Å². The lowest BCUT2D eigenvalue weighted by molar-refractivity contribution is 0.247. The molecule has 2 atom stereocenters. The van der Waals surface area contributed by atoms with Gasteiger partial charge in [0.15, 0.2) is 0 Å². The summed E-state index contributed by atoms with van der Waals surface area (Å²) in [5, 5.41) is 3.45. The van der Waals surface area contributed by atoms with E-state index in [-0.39, 0.29) is 0 Å². The first-order valence-electron chi connectivity index (χ1n) is 6.19. The van der Waals surface area contributed by atoms with E-state index in [0.29, 0.717) is 0 Å². The van der Waals surface area contributed by atoms with Crippen LogP contribution in [0.15, 0.2) is 24.3 Å². The zero-order valence-electron chi connectivity index (χ0n) is 10.2. The highest BCUT2D eigenvalue weighted by atomic mass is 16.5. The molecule has 0 spiro atoms. The largest absolute Gasteiger partial charge is 0.497 e. The van der Waals surface area contributed by atoms with Crippen molar-refractivity contribution in [1.82, 2.24) is 5.32 Å². The molecule has 1 saturated carbocycles. The van der Waals surface area contributed by atoms with E-state index in [4.69, 9.17) is 4.74 Å². The standard InChI is InChI=1S/C14H21NO/c1-3-15-10-12-6-9-14(12)11-4-7-13(16-2)8-5-11/h4-5,7-8,12,14-15H,3,6,9-10H2,1-2H3. The van der Waals surface area contributed by atoms with Gasteiger partial charge in [-0.1, -0.05) is 19.1 Å². The molecule has 0 aromatic heterocycles. The number of ether oxygens (including phenoxy) is 1. The van der Waals surface area contributed by atoms with Crippen LogP contribution in [0.25, 0.3) is 0 Å². The number of hydrogen-bond acceptors (Lipinski definition) is 2. The molecule has 1 aromatic carbocycles. The molecule has 2 rings (SSSR count). The van der Waals surface area contributed by atoms with Gasteiger partial charge in [-0.05, 0) is 55.5 Å². The number of hydrogen-bond donors (Lipinski definition) is 1. The van der Waals surface area contributed by atoms with Gasteiger partial charge < -0.3 is 10.1 Å². The summed E-state index contributed by atoms with van der Waals surface area (Å²) in [6, 6.07) is 8.55. The predicted molar refractivity (Wildman–Crippen MR) is 67.0 cm³/mol. The Bertz CT molecular complexity index is 320. The Morgan fingerprint density at radius 2 is 2.00 bits per heavy atom. The van der Waals surface area contributed by atoms with Crippen molar-refractivity contribution in [2.75, 3.05) is 20.2 Å². The highest BCUT2D eigenvalue weighted by molar-refractivity contribution is 5.30. The van der Waals surface area contributed by atoms with Gasteiger partial charge in [0, 0.05) is 0 Å². The molecule has 0 aliphatic heterocycles. The van der Waals surface area contributed by atoms with E-state index in [1.54, 1.807) is 7.11 Å². The highest BCUT2D eigenvalue weighted by Crippen LogP contribution is 2.42. The van der Waals surface area contributed by atoms with Crippen molar-refractivity contribution in [1.29, 1.82) is 0 Å². The SMILES string of the molecule is CCNCC1CCC1c1ccc(OC)cc1. The maximum Gasteiger partial charge on any atom is 0.118 e. The fourth-order valence-electron chi connectivity index (χ4n) is 2.43. The van der Waals surface area contributed by atoms with E-state index < -0.39 is 0 Å². The molecule has 2 heteroatoms. The molecule has 0 heterocycles. The van der Waals surface area contributed by atoms with E-state index in [2.05, 4.69) is 36.5 Å². The fourth-order valence-corrected chi connectivity index (χ4v) is 2.43. The van der Waals surface area contributed by atoms with Crippen LogP contribution in [0.4, 0.5) is 0 Å². The second kappa shape index (κ2) is 5.35. The lowest BCUT2D eigenvalue weighted by Crippen LogP contribution is -2.33. The average Bonchev–Trinajstić information content (AvgIpc) is 2.29. The third-order valence-electron chi connectivity index (χ3n) is 3.62. The van der Waals surface area contributed by atoms with Gasteiger partial charge in [-0.25, -0.2) is 0 Å². The zero-order valence-corrected chi connectivity index (χ0v) is 10.2. The Hall–Kier alpha value is -1.02. The Labute approximate surface area is 98.0 Å². The van der Waals surface area contributed by atoms with Gasteiger partial charge in [-0.2, -0.15) is 0 Å². The smallest absolute Gasteiger partial charge is 0.118 e. The van der Waals surface area contributed by atoms with E-state index >= 15 is 0 Å². The summed E-state index contributed by atoms with van der Waals surface area (Å²) in [5.74, 6) is 2.53. The molecule has 16 heavy (non-hydrogen) atoms. The molecule has 0 bridgehead atoms. The van der Waals surface area contributed by atoms with Gasteiger partial charge in [0.05, 0.1) is 7.11 Å². The third kappa shape index (κ3) is 2.38. The van der Waals surface area contributed by atoms with Crippen molar-refractivity contribution in [3.05, 3.63) is 29.8 Å². The summed E-state index contributed by atoms with van der Waals surface area (Å²) in [4.78, 5) is 0. The average molecular weight is 219 g/mol. The molecule has 88 valence electrons. The number of methoxy groups -OCH3 is 1. The van der Waals surface area contributed by atoms with Crippen molar-refractivity contribution in [3.8, 4) is 5.75 Å².